The Bertz CT molecular complexity index is 324. The summed E-state index contributed by atoms with van der Waals surface area (Å²) in [5.41, 5.74) is 1.29. The minimum absolute atomic E-state index is 0.242. The number of pyridine rings is 1. The van der Waals surface area contributed by atoms with Gasteiger partial charge in [-0.3, -0.25) is 4.98 Å². The zero-order chi connectivity index (χ0) is 9.97. The molecule has 1 aliphatic rings. The smallest absolute Gasteiger partial charge is 0.146 e. The first-order chi connectivity index (χ1) is 6.77. The molecule has 14 heavy (non-hydrogen) atoms. The van der Waals surface area contributed by atoms with Gasteiger partial charge in [0.05, 0.1) is 30.8 Å². The Hall–Kier alpha value is -1.16. The fraction of sp³-hybridized carbons (Fsp3) is 0.500. The Kier molecular flexibility index (Phi) is 2.63. The van der Waals surface area contributed by atoms with E-state index in [0.29, 0.717) is 18.9 Å². The summed E-state index contributed by atoms with van der Waals surface area (Å²) >= 11 is 0. The molecule has 1 saturated heterocycles. The summed E-state index contributed by atoms with van der Waals surface area (Å²) in [6.07, 6.45) is 1.71. The fourth-order valence-electron chi connectivity index (χ4n) is 1.49. The molecule has 76 valence electrons. The van der Waals surface area contributed by atoms with Crippen molar-refractivity contribution in [3.8, 4) is 0 Å². The van der Waals surface area contributed by atoms with Crippen molar-refractivity contribution in [2.24, 2.45) is 0 Å². The summed E-state index contributed by atoms with van der Waals surface area (Å²) < 4.78 is 18.4. The van der Waals surface area contributed by atoms with E-state index in [1.165, 1.54) is 6.07 Å². The van der Waals surface area contributed by atoms with Gasteiger partial charge in [0.25, 0.3) is 0 Å². The zero-order valence-electron chi connectivity index (χ0n) is 8.16. The molecular weight excluding hydrogens is 183 g/mol. The highest BCUT2D eigenvalue weighted by Gasteiger charge is 2.12. The normalized spacial score (nSPS) is 17.1. The summed E-state index contributed by atoms with van der Waals surface area (Å²) in [5.74, 6) is -0.242. The maximum Gasteiger partial charge on any atom is 0.146 e. The second-order valence-corrected chi connectivity index (χ2v) is 3.36. The predicted octanol–water partition coefficient (Wildman–Crippen LogP) is 1.37. The number of rotatable bonds is 1. The molecule has 0 saturated carbocycles. The van der Waals surface area contributed by atoms with E-state index in [4.69, 9.17) is 4.74 Å². The van der Waals surface area contributed by atoms with Crippen molar-refractivity contribution < 1.29 is 9.13 Å². The van der Waals surface area contributed by atoms with E-state index < -0.39 is 0 Å². The number of nitrogens with zero attached hydrogens (tertiary/aromatic N) is 2. The lowest BCUT2D eigenvalue weighted by Crippen LogP contribution is -2.36. The molecule has 0 aromatic carbocycles. The fourth-order valence-corrected chi connectivity index (χ4v) is 1.49. The van der Waals surface area contributed by atoms with Gasteiger partial charge in [0.15, 0.2) is 0 Å². The Morgan fingerprint density at radius 1 is 1.43 bits per heavy atom. The van der Waals surface area contributed by atoms with Crippen LogP contribution in [0.5, 0.6) is 0 Å². The van der Waals surface area contributed by atoms with Crippen LogP contribution in [0.4, 0.5) is 10.1 Å². The molecular formula is C10H13FN2O. The summed E-state index contributed by atoms with van der Waals surface area (Å²) in [7, 11) is 0. The van der Waals surface area contributed by atoms with E-state index in [-0.39, 0.29) is 5.82 Å². The number of morpholine rings is 1. The first kappa shape index (κ1) is 9.40. The molecule has 0 atom stereocenters. The number of halogens is 1. The minimum Gasteiger partial charge on any atom is -0.378 e. The Morgan fingerprint density at radius 2 is 2.14 bits per heavy atom. The molecule has 0 unspecified atom stereocenters. The van der Waals surface area contributed by atoms with Gasteiger partial charge in [-0.25, -0.2) is 4.39 Å². The zero-order valence-corrected chi connectivity index (χ0v) is 8.16. The predicted molar refractivity (Wildman–Crippen MR) is 52.0 cm³/mol. The molecule has 0 N–H and O–H groups in total. The minimum atomic E-state index is -0.242. The van der Waals surface area contributed by atoms with E-state index >= 15 is 0 Å². The molecule has 0 radical (unpaired) electrons. The highest BCUT2D eigenvalue weighted by molar-refractivity contribution is 5.45. The average molecular weight is 196 g/mol. The summed E-state index contributed by atoms with van der Waals surface area (Å²) in [6.45, 7) is 4.69. The van der Waals surface area contributed by atoms with Crippen molar-refractivity contribution in [3.05, 3.63) is 23.8 Å². The number of hydrogen-bond acceptors (Lipinski definition) is 3. The van der Waals surface area contributed by atoms with Crippen LogP contribution in [-0.2, 0) is 4.74 Å². The maximum atomic E-state index is 13.2. The molecule has 1 aromatic rings. The number of hydrogen-bond donors (Lipinski definition) is 0. The summed E-state index contributed by atoms with van der Waals surface area (Å²) in [5, 5.41) is 0. The van der Waals surface area contributed by atoms with E-state index in [1.54, 1.807) is 13.1 Å². The molecule has 0 spiro atoms. The van der Waals surface area contributed by atoms with Gasteiger partial charge in [-0.05, 0) is 6.92 Å². The maximum absolute atomic E-state index is 13.2. The quantitative estimate of drug-likeness (QED) is 0.678. The van der Waals surface area contributed by atoms with Crippen LogP contribution in [0.1, 0.15) is 5.69 Å². The second-order valence-electron chi connectivity index (χ2n) is 3.36. The summed E-state index contributed by atoms with van der Waals surface area (Å²) in [6, 6.07) is 1.54. The van der Waals surface area contributed by atoms with Crippen LogP contribution in [0.15, 0.2) is 12.3 Å². The third-order valence-electron chi connectivity index (χ3n) is 2.39. The third-order valence-corrected chi connectivity index (χ3v) is 2.39. The van der Waals surface area contributed by atoms with Crippen LogP contribution >= 0.6 is 0 Å². The van der Waals surface area contributed by atoms with Crippen LogP contribution in [0.3, 0.4) is 0 Å². The SMILES string of the molecule is Cc1ncc(N2CCOCC2)cc1F. The molecule has 4 heteroatoms. The molecule has 2 rings (SSSR count). The molecule has 1 fully saturated rings. The molecule has 0 amide bonds. The van der Waals surface area contributed by atoms with Gasteiger partial charge in [-0.15, -0.1) is 0 Å². The lowest BCUT2D eigenvalue weighted by Gasteiger charge is -2.28. The average Bonchev–Trinajstić information content (AvgIpc) is 2.23. The van der Waals surface area contributed by atoms with Crippen LogP contribution < -0.4 is 4.90 Å². The number of anilines is 1. The van der Waals surface area contributed by atoms with Gasteiger partial charge >= 0.3 is 0 Å². The second kappa shape index (κ2) is 3.92. The van der Waals surface area contributed by atoms with Crippen molar-refractivity contribution >= 4 is 5.69 Å². The van der Waals surface area contributed by atoms with Crippen molar-refractivity contribution in [1.82, 2.24) is 4.98 Å². The Labute approximate surface area is 82.5 Å². The largest absolute Gasteiger partial charge is 0.378 e. The van der Waals surface area contributed by atoms with Gasteiger partial charge in [0, 0.05) is 19.2 Å². The lowest BCUT2D eigenvalue weighted by atomic mass is 10.3. The first-order valence-electron chi connectivity index (χ1n) is 4.72. The standard InChI is InChI=1S/C10H13FN2O/c1-8-10(11)6-9(7-12-8)13-2-4-14-5-3-13/h6-7H,2-5H2,1H3. The van der Waals surface area contributed by atoms with Gasteiger partial charge in [-0.1, -0.05) is 0 Å². The van der Waals surface area contributed by atoms with Gasteiger partial charge in [0.1, 0.15) is 5.82 Å². The van der Waals surface area contributed by atoms with Crippen LogP contribution in [0, 0.1) is 12.7 Å². The van der Waals surface area contributed by atoms with Crippen molar-refractivity contribution in [2.45, 2.75) is 6.92 Å². The van der Waals surface area contributed by atoms with Crippen LogP contribution in [-0.4, -0.2) is 31.3 Å². The third kappa shape index (κ3) is 1.85. The van der Waals surface area contributed by atoms with Crippen LogP contribution in [0.25, 0.3) is 0 Å². The van der Waals surface area contributed by atoms with Crippen molar-refractivity contribution in [2.75, 3.05) is 31.2 Å². The molecule has 2 heterocycles. The van der Waals surface area contributed by atoms with Gasteiger partial charge < -0.3 is 9.64 Å². The van der Waals surface area contributed by atoms with Crippen molar-refractivity contribution in [1.29, 1.82) is 0 Å². The molecule has 3 nitrogen and oxygen atoms in total. The number of aryl methyl sites for hydroxylation is 1. The van der Waals surface area contributed by atoms with E-state index in [2.05, 4.69) is 9.88 Å². The molecule has 1 aromatic heterocycles. The molecule has 1 aliphatic heterocycles. The summed E-state index contributed by atoms with van der Waals surface area (Å²) in [4.78, 5) is 6.08. The number of ether oxygens (including phenoxy) is 1. The molecule has 0 aliphatic carbocycles. The van der Waals surface area contributed by atoms with E-state index in [1.807, 2.05) is 0 Å². The Morgan fingerprint density at radius 3 is 2.79 bits per heavy atom. The van der Waals surface area contributed by atoms with Crippen molar-refractivity contribution in [3.63, 3.8) is 0 Å². The van der Waals surface area contributed by atoms with Gasteiger partial charge in [0.2, 0.25) is 0 Å². The van der Waals surface area contributed by atoms with Gasteiger partial charge in [-0.2, -0.15) is 0 Å². The van der Waals surface area contributed by atoms with Crippen LogP contribution in [0.2, 0.25) is 0 Å². The van der Waals surface area contributed by atoms with E-state index in [9.17, 15) is 4.39 Å². The monoisotopic (exact) mass is 196 g/mol. The van der Waals surface area contributed by atoms with E-state index in [0.717, 1.165) is 18.8 Å². The lowest BCUT2D eigenvalue weighted by molar-refractivity contribution is 0.122. The highest BCUT2D eigenvalue weighted by atomic mass is 19.1. The first-order valence-corrected chi connectivity index (χ1v) is 4.72. The topological polar surface area (TPSA) is 25.4 Å². The number of aromatic nitrogens is 1. The highest BCUT2D eigenvalue weighted by Crippen LogP contribution is 2.16. The Balaban J connectivity index is 2.18. The molecule has 0 bridgehead atoms.